The number of rotatable bonds is 2. The molecule has 3 aliphatic rings. The Balaban J connectivity index is 1.59. The average molecular weight is 326 g/mol. The number of carbonyl (C=O) groups is 2. The molecule has 4 heteroatoms. The van der Waals surface area contributed by atoms with Gasteiger partial charge in [-0.25, -0.2) is 0 Å². The standard InChI is InChI=1S/C20H26N2O2/c1-15(23)21-11-9-20(10-12-21)13-18(16-5-3-2-4-6-16)19(24)22(14-20)17-7-8-17/h2-6,17-18H,7-14H2,1H3. The smallest absolute Gasteiger partial charge is 0.230 e. The molecule has 1 unspecified atom stereocenters. The Labute approximate surface area is 143 Å². The van der Waals surface area contributed by atoms with Crippen LogP contribution in [-0.2, 0) is 9.59 Å². The van der Waals surface area contributed by atoms with Crippen LogP contribution in [-0.4, -0.2) is 47.3 Å². The van der Waals surface area contributed by atoms with E-state index in [-0.39, 0.29) is 17.2 Å². The molecule has 2 heterocycles. The van der Waals surface area contributed by atoms with Gasteiger partial charge in [-0.05, 0) is 43.1 Å². The van der Waals surface area contributed by atoms with Crippen LogP contribution in [0, 0.1) is 5.41 Å². The summed E-state index contributed by atoms with van der Waals surface area (Å²) >= 11 is 0. The van der Waals surface area contributed by atoms with Crippen LogP contribution in [0.3, 0.4) is 0 Å². The zero-order valence-electron chi connectivity index (χ0n) is 14.4. The molecule has 128 valence electrons. The van der Waals surface area contributed by atoms with Crippen molar-refractivity contribution in [3.05, 3.63) is 35.9 Å². The molecule has 0 N–H and O–H groups in total. The van der Waals surface area contributed by atoms with Crippen LogP contribution in [0.25, 0.3) is 0 Å². The number of piperidine rings is 2. The minimum Gasteiger partial charge on any atom is -0.343 e. The second-order valence-electron chi connectivity index (χ2n) is 7.87. The third kappa shape index (κ3) is 2.83. The monoisotopic (exact) mass is 326 g/mol. The minimum atomic E-state index is -0.00979. The van der Waals surface area contributed by atoms with E-state index in [0.717, 1.165) is 57.3 Å². The van der Waals surface area contributed by atoms with Gasteiger partial charge >= 0.3 is 0 Å². The van der Waals surface area contributed by atoms with Crippen molar-refractivity contribution >= 4 is 11.8 Å². The van der Waals surface area contributed by atoms with Gasteiger partial charge in [-0.2, -0.15) is 0 Å². The summed E-state index contributed by atoms with van der Waals surface area (Å²) < 4.78 is 0. The third-order valence-corrected chi connectivity index (χ3v) is 6.18. The van der Waals surface area contributed by atoms with Crippen molar-refractivity contribution in [2.75, 3.05) is 19.6 Å². The highest BCUT2D eigenvalue weighted by Gasteiger charge is 2.49. The van der Waals surface area contributed by atoms with Gasteiger partial charge in [0, 0.05) is 32.6 Å². The molecular formula is C20H26N2O2. The number of nitrogens with zero attached hydrogens (tertiary/aromatic N) is 2. The van der Waals surface area contributed by atoms with Gasteiger partial charge in [0.05, 0.1) is 5.92 Å². The second-order valence-corrected chi connectivity index (χ2v) is 7.87. The summed E-state index contributed by atoms with van der Waals surface area (Å²) in [6.45, 7) is 4.23. The van der Waals surface area contributed by atoms with E-state index in [2.05, 4.69) is 17.0 Å². The molecule has 2 saturated heterocycles. The molecule has 2 aliphatic heterocycles. The van der Waals surface area contributed by atoms with Crippen LogP contribution in [0.2, 0.25) is 0 Å². The van der Waals surface area contributed by atoms with Crippen molar-refractivity contribution in [3.63, 3.8) is 0 Å². The summed E-state index contributed by atoms with van der Waals surface area (Å²) in [5.74, 6) is 0.489. The summed E-state index contributed by atoms with van der Waals surface area (Å²) in [4.78, 5) is 28.8. The number of likely N-dealkylation sites (tertiary alicyclic amines) is 2. The van der Waals surface area contributed by atoms with E-state index in [1.54, 1.807) is 6.92 Å². The normalized spacial score (nSPS) is 26.7. The first kappa shape index (κ1) is 15.7. The van der Waals surface area contributed by atoms with Crippen molar-refractivity contribution in [2.45, 2.75) is 51.0 Å². The Morgan fingerprint density at radius 1 is 1.12 bits per heavy atom. The van der Waals surface area contributed by atoms with E-state index < -0.39 is 0 Å². The van der Waals surface area contributed by atoms with Crippen LogP contribution < -0.4 is 0 Å². The van der Waals surface area contributed by atoms with Crippen molar-refractivity contribution in [1.82, 2.24) is 9.80 Å². The van der Waals surface area contributed by atoms with Gasteiger partial charge in [0.25, 0.3) is 0 Å². The maximum Gasteiger partial charge on any atom is 0.230 e. The maximum atomic E-state index is 13.1. The van der Waals surface area contributed by atoms with Gasteiger partial charge in [0.2, 0.25) is 11.8 Å². The maximum absolute atomic E-state index is 13.1. The van der Waals surface area contributed by atoms with E-state index in [1.807, 2.05) is 23.1 Å². The quantitative estimate of drug-likeness (QED) is 0.838. The zero-order valence-corrected chi connectivity index (χ0v) is 14.4. The number of hydrogen-bond donors (Lipinski definition) is 0. The fourth-order valence-corrected chi connectivity index (χ4v) is 4.52. The predicted molar refractivity (Wildman–Crippen MR) is 92.5 cm³/mol. The van der Waals surface area contributed by atoms with E-state index in [0.29, 0.717) is 11.9 Å². The molecule has 4 nitrogen and oxygen atoms in total. The average Bonchev–Trinajstić information content (AvgIpc) is 3.43. The number of carbonyl (C=O) groups excluding carboxylic acids is 2. The highest BCUT2D eigenvalue weighted by molar-refractivity contribution is 5.85. The highest BCUT2D eigenvalue weighted by atomic mass is 16.2. The van der Waals surface area contributed by atoms with Gasteiger partial charge in [-0.15, -0.1) is 0 Å². The first-order chi connectivity index (χ1) is 11.6. The number of hydrogen-bond acceptors (Lipinski definition) is 2. The second kappa shape index (κ2) is 5.91. The van der Waals surface area contributed by atoms with Crippen molar-refractivity contribution in [3.8, 4) is 0 Å². The van der Waals surface area contributed by atoms with Gasteiger partial charge < -0.3 is 9.80 Å². The molecule has 1 spiro atoms. The van der Waals surface area contributed by atoms with E-state index >= 15 is 0 Å². The number of amides is 2. The largest absolute Gasteiger partial charge is 0.343 e. The summed E-state index contributed by atoms with van der Waals surface area (Å²) in [5, 5.41) is 0. The molecule has 1 atom stereocenters. The van der Waals surface area contributed by atoms with E-state index in [9.17, 15) is 9.59 Å². The molecule has 1 saturated carbocycles. The van der Waals surface area contributed by atoms with Crippen LogP contribution in [0.15, 0.2) is 30.3 Å². The molecule has 3 fully saturated rings. The summed E-state index contributed by atoms with van der Waals surface area (Å²) in [6, 6.07) is 10.7. The van der Waals surface area contributed by atoms with Crippen LogP contribution >= 0.6 is 0 Å². The lowest BCUT2D eigenvalue weighted by molar-refractivity contribution is -0.144. The Bertz CT molecular complexity index is 630. The van der Waals surface area contributed by atoms with Crippen LogP contribution in [0.1, 0.15) is 50.5 Å². The fourth-order valence-electron chi connectivity index (χ4n) is 4.52. The molecule has 2 amide bonds. The van der Waals surface area contributed by atoms with Gasteiger partial charge in [0.1, 0.15) is 0 Å². The van der Waals surface area contributed by atoms with E-state index in [4.69, 9.17) is 0 Å². The molecule has 1 aromatic carbocycles. The molecule has 0 aromatic heterocycles. The fraction of sp³-hybridized carbons (Fsp3) is 0.600. The van der Waals surface area contributed by atoms with Gasteiger partial charge in [-0.1, -0.05) is 30.3 Å². The Morgan fingerprint density at radius 3 is 2.38 bits per heavy atom. The molecule has 1 aliphatic carbocycles. The summed E-state index contributed by atoms with van der Waals surface area (Å²) in [5.41, 5.74) is 1.34. The summed E-state index contributed by atoms with van der Waals surface area (Å²) in [6.07, 6.45) is 5.29. The lowest BCUT2D eigenvalue weighted by Crippen LogP contribution is -2.55. The van der Waals surface area contributed by atoms with Crippen LogP contribution in [0.4, 0.5) is 0 Å². The van der Waals surface area contributed by atoms with Gasteiger partial charge in [-0.3, -0.25) is 9.59 Å². The third-order valence-electron chi connectivity index (χ3n) is 6.18. The highest BCUT2D eigenvalue weighted by Crippen LogP contribution is 2.48. The lowest BCUT2D eigenvalue weighted by atomic mass is 9.67. The molecule has 4 rings (SSSR count). The SMILES string of the molecule is CC(=O)N1CCC2(CC1)CC(c1ccccc1)C(=O)N(C1CC1)C2. The molecular weight excluding hydrogens is 300 g/mol. The number of benzene rings is 1. The molecule has 0 radical (unpaired) electrons. The Morgan fingerprint density at radius 2 is 1.79 bits per heavy atom. The first-order valence-corrected chi connectivity index (χ1v) is 9.19. The minimum absolute atomic E-state index is 0.00979. The van der Waals surface area contributed by atoms with Crippen molar-refractivity contribution < 1.29 is 9.59 Å². The van der Waals surface area contributed by atoms with E-state index in [1.165, 1.54) is 0 Å². The summed E-state index contributed by atoms with van der Waals surface area (Å²) in [7, 11) is 0. The molecule has 1 aromatic rings. The topological polar surface area (TPSA) is 40.6 Å². The Kier molecular flexibility index (Phi) is 3.86. The molecule has 0 bridgehead atoms. The van der Waals surface area contributed by atoms with Crippen molar-refractivity contribution in [2.24, 2.45) is 5.41 Å². The first-order valence-electron chi connectivity index (χ1n) is 9.19. The zero-order chi connectivity index (χ0) is 16.7. The lowest BCUT2D eigenvalue weighted by Gasteiger charge is -2.50. The molecule has 24 heavy (non-hydrogen) atoms. The van der Waals surface area contributed by atoms with Crippen LogP contribution in [0.5, 0.6) is 0 Å². The Hall–Kier alpha value is -1.84. The van der Waals surface area contributed by atoms with Gasteiger partial charge in [0.15, 0.2) is 0 Å². The van der Waals surface area contributed by atoms with Crippen molar-refractivity contribution in [1.29, 1.82) is 0 Å². The predicted octanol–water partition coefficient (Wildman–Crippen LogP) is 2.79.